The Bertz CT molecular complexity index is 380. The van der Waals surface area contributed by atoms with Gasteiger partial charge in [-0.2, -0.15) is 0 Å². The van der Waals surface area contributed by atoms with E-state index in [2.05, 4.69) is 0 Å². The van der Waals surface area contributed by atoms with E-state index in [1.807, 2.05) is 26.8 Å². The number of halogens is 1. The number of carbonyl (C=O) groups excluding carboxylic acids is 1. The molecule has 1 unspecified atom stereocenters. The summed E-state index contributed by atoms with van der Waals surface area (Å²) in [7, 11) is 0. The highest BCUT2D eigenvalue weighted by Gasteiger charge is 2.28. The molecule has 0 saturated heterocycles. The Balaban J connectivity index is 2.72. The second-order valence-electron chi connectivity index (χ2n) is 5.04. The first-order chi connectivity index (χ1) is 7.30. The monoisotopic (exact) mass is 240 g/mol. The van der Waals surface area contributed by atoms with E-state index in [4.69, 9.17) is 11.6 Å². The highest BCUT2D eigenvalue weighted by molar-refractivity contribution is 6.30. The molecule has 0 amide bonds. The van der Waals surface area contributed by atoms with Gasteiger partial charge in [0.05, 0.1) is 0 Å². The van der Waals surface area contributed by atoms with E-state index in [1.54, 1.807) is 18.2 Å². The third-order valence-electron chi connectivity index (χ3n) is 2.39. The molecule has 0 aliphatic rings. The minimum atomic E-state index is -0.938. The molecular weight excluding hydrogens is 224 g/mol. The van der Waals surface area contributed by atoms with Gasteiger partial charge in [-0.15, -0.1) is 0 Å². The number of hydrogen-bond donors (Lipinski definition) is 1. The number of Topliss-reactive ketones (excluding diaryl/α,β-unsaturated/α-hetero) is 1. The second kappa shape index (κ2) is 4.98. The van der Waals surface area contributed by atoms with Gasteiger partial charge in [-0.05, 0) is 23.1 Å². The fourth-order valence-corrected chi connectivity index (χ4v) is 1.64. The van der Waals surface area contributed by atoms with E-state index in [1.165, 1.54) is 0 Å². The van der Waals surface area contributed by atoms with Crippen molar-refractivity contribution in [3.63, 3.8) is 0 Å². The summed E-state index contributed by atoms with van der Waals surface area (Å²) in [5.74, 6) is -0.172. The molecule has 0 bridgehead atoms. The molecule has 88 valence electrons. The number of carbonyl (C=O) groups is 1. The summed E-state index contributed by atoms with van der Waals surface area (Å²) in [6.07, 6.45) is -0.717. The molecule has 0 saturated carbocycles. The van der Waals surface area contributed by atoms with E-state index < -0.39 is 11.5 Å². The van der Waals surface area contributed by atoms with Gasteiger partial charge in [0, 0.05) is 11.4 Å². The Kier molecular flexibility index (Phi) is 4.11. The van der Waals surface area contributed by atoms with Gasteiger partial charge in [0.15, 0.2) is 5.78 Å². The van der Waals surface area contributed by atoms with Crippen molar-refractivity contribution in [2.45, 2.75) is 33.3 Å². The normalized spacial score (nSPS) is 13.6. The number of hydrogen-bond acceptors (Lipinski definition) is 2. The van der Waals surface area contributed by atoms with Crippen LogP contribution in [0.2, 0.25) is 5.02 Å². The lowest BCUT2D eigenvalue weighted by atomic mass is 9.85. The van der Waals surface area contributed by atoms with Crippen molar-refractivity contribution >= 4 is 17.4 Å². The zero-order valence-corrected chi connectivity index (χ0v) is 10.6. The summed E-state index contributed by atoms with van der Waals surface area (Å²) in [6.45, 7) is 5.52. The van der Waals surface area contributed by atoms with Crippen molar-refractivity contribution in [1.29, 1.82) is 0 Å². The number of ketones is 1. The minimum absolute atomic E-state index is 0.172. The van der Waals surface area contributed by atoms with E-state index in [0.29, 0.717) is 5.02 Å². The quantitative estimate of drug-likeness (QED) is 0.882. The maximum absolute atomic E-state index is 11.8. The van der Waals surface area contributed by atoms with Crippen molar-refractivity contribution < 1.29 is 9.90 Å². The molecule has 1 rings (SSSR count). The Morgan fingerprint density at radius 1 is 1.44 bits per heavy atom. The van der Waals surface area contributed by atoms with Crippen molar-refractivity contribution in [2.24, 2.45) is 5.41 Å². The predicted molar refractivity (Wildman–Crippen MR) is 65.6 cm³/mol. The van der Waals surface area contributed by atoms with E-state index in [9.17, 15) is 9.90 Å². The van der Waals surface area contributed by atoms with Crippen LogP contribution in [0.1, 0.15) is 26.3 Å². The van der Waals surface area contributed by atoms with Crippen molar-refractivity contribution in [2.75, 3.05) is 0 Å². The molecule has 0 fully saturated rings. The molecule has 1 aromatic carbocycles. The molecule has 0 aliphatic carbocycles. The molecule has 2 nitrogen and oxygen atoms in total. The summed E-state index contributed by atoms with van der Waals surface area (Å²) in [5.41, 5.74) is 0.413. The van der Waals surface area contributed by atoms with Gasteiger partial charge < -0.3 is 5.11 Å². The molecule has 1 aromatic rings. The van der Waals surface area contributed by atoms with Gasteiger partial charge in [0.1, 0.15) is 6.10 Å². The first kappa shape index (κ1) is 13.2. The molecule has 0 spiro atoms. The van der Waals surface area contributed by atoms with Gasteiger partial charge >= 0.3 is 0 Å². The average molecular weight is 241 g/mol. The SMILES string of the molecule is CC(C)(C)C(O)C(=O)Cc1cccc(Cl)c1. The fraction of sp³-hybridized carbons (Fsp3) is 0.462. The summed E-state index contributed by atoms with van der Waals surface area (Å²) < 4.78 is 0. The molecule has 1 N–H and O–H groups in total. The molecule has 0 radical (unpaired) electrons. The standard InChI is InChI=1S/C13H17ClO2/c1-13(2,3)12(16)11(15)8-9-5-4-6-10(14)7-9/h4-7,12,16H,8H2,1-3H3. The van der Waals surface area contributed by atoms with Gasteiger partial charge in [-0.1, -0.05) is 44.5 Å². The van der Waals surface area contributed by atoms with Gasteiger partial charge in [-0.25, -0.2) is 0 Å². The fourth-order valence-electron chi connectivity index (χ4n) is 1.43. The van der Waals surface area contributed by atoms with E-state index >= 15 is 0 Å². The average Bonchev–Trinajstić information content (AvgIpc) is 2.15. The first-order valence-corrected chi connectivity index (χ1v) is 5.64. The molecule has 1 atom stereocenters. The topological polar surface area (TPSA) is 37.3 Å². The van der Waals surface area contributed by atoms with Crippen LogP contribution in [0, 0.1) is 5.41 Å². The highest BCUT2D eigenvalue weighted by atomic mass is 35.5. The summed E-state index contributed by atoms with van der Waals surface area (Å²) in [4.78, 5) is 11.8. The lowest BCUT2D eigenvalue weighted by Crippen LogP contribution is -2.35. The molecule has 0 heterocycles. The van der Waals surface area contributed by atoms with Crippen LogP contribution in [0.25, 0.3) is 0 Å². The molecule has 0 aromatic heterocycles. The summed E-state index contributed by atoms with van der Waals surface area (Å²) in [6, 6.07) is 7.14. The van der Waals surface area contributed by atoms with Crippen LogP contribution in [-0.2, 0) is 11.2 Å². The van der Waals surface area contributed by atoms with Crippen LogP contribution in [0.15, 0.2) is 24.3 Å². The smallest absolute Gasteiger partial charge is 0.166 e. The first-order valence-electron chi connectivity index (χ1n) is 5.26. The Labute approximate surface area is 101 Å². The number of benzene rings is 1. The largest absolute Gasteiger partial charge is 0.385 e. The van der Waals surface area contributed by atoms with Crippen molar-refractivity contribution in [3.8, 4) is 0 Å². The summed E-state index contributed by atoms with van der Waals surface area (Å²) in [5, 5.41) is 10.4. The van der Waals surface area contributed by atoms with Crippen LogP contribution < -0.4 is 0 Å². The molecular formula is C13H17ClO2. The summed E-state index contributed by atoms with van der Waals surface area (Å²) >= 11 is 5.82. The van der Waals surface area contributed by atoms with Crippen molar-refractivity contribution in [1.82, 2.24) is 0 Å². The minimum Gasteiger partial charge on any atom is -0.385 e. The van der Waals surface area contributed by atoms with Crippen LogP contribution in [0.5, 0.6) is 0 Å². The molecule has 3 heteroatoms. The van der Waals surface area contributed by atoms with Crippen molar-refractivity contribution in [3.05, 3.63) is 34.9 Å². The van der Waals surface area contributed by atoms with Gasteiger partial charge in [0.25, 0.3) is 0 Å². The van der Waals surface area contributed by atoms with E-state index in [0.717, 1.165) is 5.56 Å². The molecule has 0 aliphatic heterocycles. The Morgan fingerprint density at radius 3 is 2.56 bits per heavy atom. The zero-order valence-electron chi connectivity index (χ0n) is 9.83. The third kappa shape index (κ3) is 3.62. The third-order valence-corrected chi connectivity index (χ3v) is 2.63. The number of rotatable bonds is 3. The lowest BCUT2D eigenvalue weighted by Gasteiger charge is -2.24. The zero-order chi connectivity index (χ0) is 12.3. The Hall–Kier alpha value is -0.860. The second-order valence-corrected chi connectivity index (χ2v) is 5.48. The maximum Gasteiger partial charge on any atom is 0.166 e. The predicted octanol–water partition coefficient (Wildman–Crippen LogP) is 2.86. The maximum atomic E-state index is 11.8. The highest BCUT2D eigenvalue weighted by Crippen LogP contribution is 2.21. The lowest BCUT2D eigenvalue weighted by molar-refractivity contribution is -0.131. The van der Waals surface area contributed by atoms with Gasteiger partial charge in [-0.3, -0.25) is 4.79 Å². The van der Waals surface area contributed by atoms with Crippen LogP contribution >= 0.6 is 11.6 Å². The molecule has 16 heavy (non-hydrogen) atoms. The van der Waals surface area contributed by atoms with Crippen LogP contribution in [0.3, 0.4) is 0 Å². The number of aliphatic hydroxyl groups excluding tert-OH is 1. The van der Waals surface area contributed by atoms with Crippen LogP contribution in [-0.4, -0.2) is 17.0 Å². The van der Waals surface area contributed by atoms with Gasteiger partial charge in [0.2, 0.25) is 0 Å². The Morgan fingerprint density at radius 2 is 2.06 bits per heavy atom. The van der Waals surface area contributed by atoms with Crippen LogP contribution in [0.4, 0.5) is 0 Å². The van der Waals surface area contributed by atoms with E-state index in [-0.39, 0.29) is 12.2 Å². The number of aliphatic hydroxyl groups is 1.